The number of nitrogens with two attached hydrogens (primary N) is 1. The van der Waals surface area contributed by atoms with Crippen LogP contribution in [0.2, 0.25) is 5.02 Å². The number of fused-ring (bicyclic) bond motifs is 1. The lowest BCUT2D eigenvalue weighted by Gasteiger charge is -2.09. The Morgan fingerprint density at radius 2 is 2.14 bits per heavy atom. The number of anilines is 2. The van der Waals surface area contributed by atoms with Gasteiger partial charge in [0.15, 0.2) is 0 Å². The molecule has 106 valence electrons. The van der Waals surface area contributed by atoms with Crippen molar-refractivity contribution in [3.05, 3.63) is 53.3 Å². The number of carbonyl (C=O) groups excluding carboxylic acids is 1. The number of halogens is 1. The minimum atomic E-state index is -0.554. The predicted molar refractivity (Wildman–Crippen MR) is 84.0 cm³/mol. The van der Waals surface area contributed by atoms with Crippen LogP contribution < -0.4 is 11.1 Å². The van der Waals surface area contributed by atoms with E-state index in [2.05, 4.69) is 10.3 Å². The van der Waals surface area contributed by atoms with Crippen molar-refractivity contribution in [1.29, 1.82) is 0 Å². The number of rotatable bonds is 3. The summed E-state index contributed by atoms with van der Waals surface area (Å²) in [5.74, 6) is -0.0728. The van der Waals surface area contributed by atoms with Gasteiger partial charge in [-0.15, -0.1) is 0 Å². The van der Waals surface area contributed by atoms with Crippen molar-refractivity contribution in [2.24, 2.45) is 12.8 Å². The summed E-state index contributed by atoms with van der Waals surface area (Å²) in [5, 5.41) is 4.64. The monoisotopic (exact) mass is 300 g/mol. The molecular formula is C15H13ClN4O. The number of aromatic nitrogens is 2. The zero-order chi connectivity index (χ0) is 15.0. The Balaban J connectivity index is 1.94. The van der Waals surface area contributed by atoms with Gasteiger partial charge in [0.25, 0.3) is 0 Å². The second-order valence-electron chi connectivity index (χ2n) is 4.74. The van der Waals surface area contributed by atoms with Gasteiger partial charge >= 0.3 is 0 Å². The van der Waals surface area contributed by atoms with E-state index in [0.29, 0.717) is 10.8 Å². The van der Waals surface area contributed by atoms with Crippen molar-refractivity contribution in [1.82, 2.24) is 9.55 Å². The Kier molecular flexibility index (Phi) is 3.27. The molecule has 2 aromatic heterocycles. The van der Waals surface area contributed by atoms with Crippen LogP contribution in [0, 0.1) is 0 Å². The second kappa shape index (κ2) is 5.10. The summed E-state index contributed by atoms with van der Waals surface area (Å²) in [7, 11) is 1.99. The molecule has 6 heteroatoms. The topological polar surface area (TPSA) is 72.9 Å². The summed E-state index contributed by atoms with van der Waals surface area (Å²) in [6.45, 7) is 0. The van der Waals surface area contributed by atoms with Gasteiger partial charge in [-0.25, -0.2) is 4.98 Å². The molecule has 0 fully saturated rings. The Hall–Kier alpha value is -2.53. The first-order valence-electron chi connectivity index (χ1n) is 6.32. The Bertz CT molecular complexity index is 841. The van der Waals surface area contributed by atoms with Gasteiger partial charge in [0.05, 0.1) is 10.6 Å². The van der Waals surface area contributed by atoms with Crippen molar-refractivity contribution in [2.75, 3.05) is 5.32 Å². The molecule has 3 rings (SSSR count). The molecule has 0 saturated heterocycles. The molecule has 0 aliphatic heterocycles. The molecule has 0 aliphatic rings. The van der Waals surface area contributed by atoms with E-state index >= 15 is 0 Å². The van der Waals surface area contributed by atoms with Crippen LogP contribution in [0.5, 0.6) is 0 Å². The van der Waals surface area contributed by atoms with Crippen LogP contribution in [0.1, 0.15) is 10.4 Å². The molecule has 5 nitrogen and oxygen atoms in total. The van der Waals surface area contributed by atoms with Crippen LogP contribution >= 0.6 is 11.6 Å². The summed E-state index contributed by atoms with van der Waals surface area (Å²) in [4.78, 5) is 15.2. The van der Waals surface area contributed by atoms with Crippen LogP contribution in [-0.2, 0) is 7.05 Å². The maximum absolute atomic E-state index is 11.1. The van der Waals surface area contributed by atoms with E-state index in [-0.39, 0.29) is 5.56 Å². The lowest BCUT2D eigenvalue weighted by Crippen LogP contribution is -2.11. The number of primary amides is 1. The van der Waals surface area contributed by atoms with E-state index in [9.17, 15) is 4.79 Å². The smallest absolute Gasteiger partial charge is 0.250 e. The minimum absolute atomic E-state index is 0.281. The minimum Gasteiger partial charge on any atom is -0.366 e. The van der Waals surface area contributed by atoms with Gasteiger partial charge in [-0.2, -0.15) is 0 Å². The van der Waals surface area contributed by atoms with Gasteiger partial charge < -0.3 is 15.6 Å². The number of hydrogen-bond acceptors (Lipinski definition) is 3. The van der Waals surface area contributed by atoms with E-state index in [0.717, 1.165) is 16.6 Å². The lowest BCUT2D eigenvalue weighted by molar-refractivity contribution is 0.1000. The Morgan fingerprint density at radius 1 is 1.33 bits per heavy atom. The summed E-state index contributed by atoms with van der Waals surface area (Å²) in [6, 6.07) is 9.52. The molecule has 1 amide bonds. The van der Waals surface area contributed by atoms with E-state index < -0.39 is 5.91 Å². The number of benzene rings is 1. The third-order valence-electron chi connectivity index (χ3n) is 3.28. The van der Waals surface area contributed by atoms with Crippen LogP contribution in [0.3, 0.4) is 0 Å². The molecule has 3 aromatic rings. The average Bonchev–Trinajstić information content (AvgIpc) is 2.82. The van der Waals surface area contributed by atoms with Crippen LogP contribution in [0.4, 0.5) is 11.5 Å². The standard InChI is InChI=1S/C15H13ClN4O/c1-20-5-4-9-2-3-11(7-13(9)20)19-15-12(16)6-10(8-18-15)14(17)21/h2-8H,1H3,(H2,17,21)(H,18,19). The predicted octanol–water partition coefficient (Wildman–Crippen LogP) is 3.07. The highest BCUT2D eigenvalue weighted by Gasteiger charge is 2.08. The molecule has 1 aromatic carbocycles. The third kappa shape index (κ3) is 2.55. The van der Waals surface area contributed by atoms with Gasteiger partial charge in [0, 0.05) is 30.6 Å². The van der Waals surface area contributed by atoms with Gasteiger partial charge in [0.1, 0.15) is 5.82 Å². The van der Waals surface area contributed by atoms with Crippen LogP contribution in [0.15, 0.2) is 42.7 Å². The Morgan fingerprint density at radius 3 is 2.86 bits per heavy atom. The molecule has 0 radical (unpaired) electrons. The quantitative estimate of drug-likeness (QED) is 0.780. The summed E-state index contributed by atoms with van der Waals surface area (Å²) < 4.78 is 2.03. The fourth-order valence-corrected chi connectivity index (χ4v) is 2.36. The molecule has 3 N–H and O–H groups in total. The third-order valence-corrected chi connectivity index (χ3v) is 3.56. The molecular weight excluding hydrogens is 288 g/mol. The molecule has 2 heterocycles. The fraction of sp³-hybridized carbons (Fsp3) is 0.0667. The van der Waals surface area contributed by atoms with Crippen molar-refractivity contribution >= 4 is 39.9 Å². The van der Waals surface area contributed by atoms with Gasteiger partial charge in [-0.05, 0) is 29.7 Å². The number of amides is 1. The maximum Gasteiger partial charge on any atom is 0.250 e. The molecule has 0 unspecified atom stereocenters. The second-order valence-corrected chi connectivity index (χ2v) is 5.15. The molecule has 0 saturated carbocycles. The summed E-state index contributed by atoms with van der Waals surface area (Å²) in [6.07, 6.45) is 3.40. The first-order valence-corrected chi connectivity index (χ1v) is 6.70. The van der Waals surface area contributed by atoms with Crippen molar-refractivity contribution in [3.63, 3.8) is 0 Å². The number of pyridine rings is 1. The number of nitrogens with zero attached hydrogens (tertiary/aromatic N) is 2. The number of nitrogens with one attached hydrogen (secondary N) is 1. The zero-order valence-electron chi connectivity index (χ0n) is 11.3. The molecule has 0 atom stereocenters. The van der Waals surface area contributed by atoms with E-state index in [1.165, 1.54) is 12.3 Å². The highest BCUT2D eigenvalue weighted by atomic mass is 35.5. The van der Waals surface area contributed by atoms with Gasteiger partial charge in [-0.1, -0.05) is 17.7 Å². The number of aryl methyl sites for hydroxylation is 1. The molecule has 0 aliphatic carbocycles. The first kappa shape index (κ1) is 13.5. The number of carbonyl (C=O) groups is 1. The molecule has 0 bridgehead atoms. The average molecular weight is 301 g/mol. The molecule has 21 heavy (non-hydrogen) atoms. The zero-order valence-corrected chi connectivity index (χ0v) is 12.1. The SMILES string of the molecule is Cn1ccc2ccc(Nc3ncc(C(N)=O)cc3Cl)cc21. The fourth-order valence-electron chi connectivity index (χ4n) is 2.14. The van der Waals surface area contributed by atoms with Crippen LogP contribution in [-0.4, -0.2) is 15.5 Å². The van der Waals surface area contributed by atoms with Crippen molar-refractivity contribution in [2.45, 2.75) is 0 Å². The summed E-state index contributed by atoms with van der Waals surface area (Å²) >= 11 is 6.11. The number of hydrogen-bond donors (Lipinski definition) is 2. The summed E-state index contributed by atoms with van der Waals surface area (Å²) in [5.41, 5.74) is 7.44. The highest BCUT2D eigenvalue weighted by molar-refractivity contribution is 6.33. The van der Waals surface area contributed by atoms with E-state index in [4.69, 9.17) is 17.3 Å². The Labute approximate surface area is 126 Å². The van der Waals surface area contributed by atoms with Gasteiger partial charge in [-0.3, -0.25) is 4.79 Å². The largest absolute Gasteiger partial charge is 0.366 e. The van der Waals surface area contributed by atoms with Crippen molar-refractivity contribution < 1.29 is 4.79 Å². The van der Waals surface area contributed by atoms with Gasteiger partial charge in [0.2, 0.25) is 5.91 Å². The lowest BCUT2D eigenvalue weighted by atomic mass is 10.2. The van der Waals surface area contributed by atoms with E-state index in [1.807, 2.05) is 42.1 Å². The van der Waals surface area contributed by atoms with Crippen LogP contribution in [0.25, 0.3) is 10.9 Å². The highest BCUT2D eigenvalue weighted by Crippen LogP contribution is 2.26. The first-order chi connectivity index (χ1) is 10.0. The van der Waals surface area contributed by atoms with Crippen molar-refractivity contribution in [3.8, 4) is 0 Å². The molecule has 0 spiro atoms. The normalized spacial score (nSPS) is 10.8. The maximum atomic E-state index is 11.1. The van der Waals surface area contributed by atoms with E-state index in [1.54, 1.807) is 0 Å².